The molecule has 0 unspecified atom stereocenters. The van der Waals surface area contributed by atoms with Gasteiger partial charge in [-0.3, -0.25) is 0 Å². The standard InChI is InChI=1S/C16H21N3O/c1-17-16(10-6-3-7-11-16)12-14-18-15(19-20-14)13-8-4-2-5-9-13/h2,4-5,8-9,17H,3,6-7,10-12H2,1H3. The summed E-state index contributed by atoms with van der Waals surface area (Å²) in [5.74, 6) is 1.42. The van der Waals surface area contributed by atoms with Gasteiger partial charge >= 0.3 is 0 Å². The van der Waals surface area contributed by atoms with Gasteiger partial charge in [0.1, 0.15) is 0 Å². The third kappa shape index (κ3) is 2.75. The van der Waals surface area contributed by atoms with Gasteiger partial charge in [-0.15, -0.1) is 0 Å². The van der Waals surface area contributed by atoms with E-state index in [0.29, 0.717) is 5.82 Å². The van der Waals surface area contributed by atoms with E-state index < -0.39 is 0 Å². The highest BCUT2D eigenvalue weighted by atomic mass is 16.5. The number of rotatable bonds is 4. The minimum absolute atomic E-state index is 0.138. The number of benzene rings is 1. The largest absolute Gasteiger partial charge is 0.339 e. The molecule has 0 atom stereocenters. The van der Waals surface area contributed by atoms with Gasteiger partial charge in [0, 0.05) is 17.5 Å². The Bertz CT molecular complexity index is 544. The maximum Gasteiger partial charge on any atom is 0.228 e. The second-order valence-electron chi connectivity index (χ2n) is 5.65. The molecule has 1 aliphatic rings. The van der Waals surface area contributed by atoms with Crippen molar-refractivity contribution in [3.05, 3.63) is 36.2 Å². The van der Waals surface area contributed by atoms with E-state index >= 15 is 0 Å². The third-order valence-electron chi connectivity index (χ3n) is 4.33. The predicted molar refractivity (Wildman–Crippen MR) is 78.3 cm³/mol. The lowest BCUT2D eigenvalue weighted by Gasteiger charge is -2.36. The molecule has 1 aromatic heterocycles. The molecule has 1 aromatic carbocycles. The van der Waals surface area contributed by atoms with Crippen LogP contribution in [0, 0.1) is 0 Å². The maximum atomic E-state index is 5.45. The Morgan fingerprint density at radius 1 is 1.15 bits per heavy atom. The fourth-order valence-corrected chi connectivity index (χ4v) is 3.06. The molecule has 1 fully saturated rings. The highest BCUT2D eigenvalue weighted by Gasteiger charge is 2.32. The van der Waals surface area contributed by atoms with Crippen LogP contribution < -0.4 is 5.32 Å². The molecule has 0 radical (unpaired) electrons. The van der Waals surface area contributed by atoms with Crippen LogP contribution in [-0.2, 0) is 6.42 Å². The molecule has 1 aliphatic carbocycles. The number of aromatic nitrogens is 2. The average Bonchev–Trinajstić information content (AvgIpc) is 2.97. The van der Waals surface area contributed by atoms with E-state index in [2.05, 4.69) is 15.5 Å². The van der Waals surface area contributed by atoms with Gasteiger partial charge in [0.15, 0.2) is 0 Å². The third-order valence-corrected chi connectivity index (χ3v) is 4.33. The summed E-state index contributed by atoms with van der Waals surface area (Å²) in [6.45, 7) is 0. The van der Waals surface area contributed by atoms with Crippen LogP contribution in [0.1, 0.15) is 38.0 Å². The summed E-state index contributed by atoms with van der Waals surface area (Å²) in [5, 5.41) is 7.59. The summed E-state index contributed by atoms with van der Waals surface area (Å²) < 4.78 is 5.45. The zero-order valence-electron chi connectivity index (χ0n) is 11.9. The molecule has 0 bridgehead atoms. The van der Waals surface area contributed by atoms with Crippen molar-refractivity contribution in [2.24, 2.45) is 0 Å². The van der Waals surface area contributed by atoms with Crippen LogP contribution in [-0.4, -0.2) is 22.7 Å². The summed E-state index contributed by atoms with van der Waals surface area (Å²) in [6.07, 6.45) is 7.09. The van der Waals surface area contributed by atoms with E-state index in [-0.39, 0.29) is 5.54 Å². The summed E-state index contributed by atoms with van der Waals surface area (Å²) in [5.41, 5.74) is 1.14. The van der Waals surface area contributed by atoms with Gasteiger partial charge in [0.05, 0.1) is 0 Å². The number of nitrogens with one attached hydrogen (secondary N) is 1. The van der Waals surface area contributed by atoms with Crippen molar-refractivity contribution in [3.63, 3.8) is 0 Å². The molecular weight excluding hydrogens is 250 g/mol. The SMILES string of the molecule is CNC1(Cc2nc(-c3ccccc3)no2)CCCCC1. The van der Waals surface area contributed by atoms with Crippen molar-refractivity contribution >= 4 is 0 Å². The molecule has 106 valence electrons. The van der Waals surface area contributed by atoms with Crippen molar-refractivity contribution in [1.29, 1.82) is 0 Å². The molecule has 1 saturated carbocycles. The van der Waals surface area contributed by atoms with Crippen LogP contribution in [0.4, 0.5) is 0 Å². The Morgan fingerprint density at radius 3 is 2.60 bits per heavy atom. The lowest BCUT2D eigenvalue weighted by atomic mass is 9.79. The molecule has 4 nitrogen and oxygen atoms in total. The van der Waals surface area contributed by atoms with Crippen LogP contribution in [0.2, 0.25) is 0 Å². The van der Waals surface area contributed by atoms with Gasteiger partial charge in [-0.2, -0.15) is 4.98 Å². The maximum absolute atomic E-state index is 5.45. The monoisotopic (exact) mass is 271 g/mol. The van der Waals surface area contributed by atoms with E-state index in [1.54, 1.807) is 0 Å². The van der Waals surface area contributed by atoms with Gasteiger partial charge in [0.25, 0.3) is 0 Å². The molecule has 3 rings (SSSR count). The van der Waals surface area contributed by atoms with Crippen molar-refractivity contribution in [2.45, 2.75) is 44.1 Å². The van der Waals surface area contributed by atoms with E-state index in [1.165, 1.54) is 32.1 Å². The van der Waals surface area contributed by atoms with Gasteiger partial charge < -0.3 is 9.84 Å². The van der Waals surface area contributed by atoms with Crippen molar-refractivity contribution in [3.8, 4) is 11.4 Å². The number of hydrogen-bond donors (Lipinski definition) is 1. The van der Waals surface area contributed by atoms with Crippen LogP contribution in [0.15, 0.2) is 34.9 Å². The van der Waals surface area contributed by atoms with Crippen LogP contribution in [0.5, 0.6) is 0 Å². The highest BCUT2D eigenvalue weighted by Crippen LogP contribution is 2.31. The predicted octanol–water partition coefficient (Wildman–Crippen LogP) is 3.20. The highest BCUT2D eigenvalue weighted by molar-refractivity contribution is 5.53. The second kappa shape index (κ2) is 5.75. The Morgan fingerprint density at radius 2 is 1.90 bits per heavy atom. The zero-order valence-corrected chi connectivity index (χ0v) is 11.9. The molecule has 1 heterocycles. The first-order chi connectivity index (χ1) is 9.81. The number of likely N-dealkylation sites (N-methyl/N-ethyl adjacent to an activating group) is 1. The molecule has 4 heteroatoms. The van der Waals surface area contributed by atoms with Crippen molar-refractivity contribution in [2.75, 3.05) is 7.05 Å². The number of nitrogens with zero attached hydrogens (tertiary/aromatic N) is 2. The summed E-state index contributed by atoms with van der Waals surface area (Å²) in [6, 6.07) is 9.97. The molecule has 1 N–H and O–H groups in total. The van der Waals surface area contributed by atoms with Crippen LogP contribution >= 0.6 is 0 Å². The van der Waals surface area contributed by atoms with E-state index in [0.717, 1.165) is 17.9 Å². The minimum atomic E-state index is 0.138. The normalized spacial score (nSPS) is 18.1. The van der Waals surface area contributed by atoms with Crippen molar-refractivity contribution < 1.29 is 4.52 Å². The first-order valence-electron chi connectivity index (χ1n) is 7.38. The zero-order chi connectivity index (χ0) is 13.8. The van der Waals surface area contributed by atoms with Crippen molar-refractivity contribution in [1.82, 2.24) is 15.5 Å². The lowest BCUT2D eigenvalue weighted by Crippen LogP contribution is -2.46. The van der Waals surface area contributed by atoms with Crippen LogP contribution in [0.25, 0.3) is 11.4 Å². The molecular formula is C16H21N3O. The fourth-order valence-electron chi connectivity index (χ4n) is 3.06. The molecule has 0 spiro atoms. The molecule has 0 aliphatic heterocycles. The van der Waals surface area contributed by atoms with Gasteiger partial charge in [-0.25, -0.2) is 0 Å². The quantitative estimate of drug-likeness (QED) is 0.927. The summed E-state index contributed by atoms with van der Waals surface area (Å²) >= 11 is 0. The molecule has 20 heavy (non-hydrogen) atoms. The second-order valence-corrected chi connectivity index (χ2v) is 5.65. The Hall–Kier alpha value is -1.68. The smallest absolute Gasteiger partial charge is 0.228 e. The van der Waals surface area contributed by atoms with E-state index in [4.69, 9.17) is 4.52 Å². The molecule has 0 saturated heterocycles. The summed E-state index contributed by atoms with van der Waals surface area (Å²) in [7, 11) is 2.04. The minimum Gasteiger partial charge on any atom is -0.339 e. The lowest BCUT2D eigenvalue weighted by molar-refractivity contribution is 0.221. The van der Waals surface area contributed by atoms with E-state index in [1.807, 2.05) is 37.4 Å². The fraction of sp³-hybridized carbons (Fsp3) is 0.500. The first-order valence-corrected chi connectivity index (χ1v) is 7.38. The Labute approximate surface area is 119 Å². The Balaban J connectivity index is 1.77. The Kier molecular flexibility index (Phi) is 3.83. The topological polar surface area (TPSA) is 51.0 Å². The first kappa shape index (κ1) is 13.3. The van der Waals surface area contributed by atoms with Gasteiger partial charge in [-0.05, 0) is 19.9 Å². The number of hydrogen-bond acceptors (Lipinski definition) is 4. The average molecular weight is 271 g/mol. The summed E-state index contributed by atoms with van der Waals surface area (Å²) in [4.78, 5) is 4.55. The van der Waals surface area contributed by atoms with Gasteiger partial charge in [-0.1, -0.05) is 54.8 Å². The molecule has 0 amide bonds. The van der Waals surface area contributed by atoms with Crippen LogP contribution in [0.3, 0.4) is 0 Å². The van der Waals surface area contributed by atoms with Gasteiger partial charge in [0.2, 0.25) is 11.7 Å². The molecule has 2 aromatic rings. The van der Waals surface area contributed by atoms with E-state index in [9.17, 15) is 0 Å².